The molecular weight excluding hydrogens is 234 g/mol. The zero-order chi connectivity index (χ0) is 13.1. The molecule has 0 saturated carbocycles. The molecule has 0 fully saturated rings. The van der Waals surface area contributed by atoms with E-state index in [2.05, 4.69) is 28.5 Å². The van der Waals surface area contributed by atoms with Crippen LogP contribution in [-0.4, -0.2) is 11.8 Å². The Labute approximate surface area is 112 Å². The zero-order valence-electron chi connectivity index (χ0n) is 10.4. The molecule has 0 aromatic heterocycles. The molecule has 92 valence electrons. The molecule has 2 aromatic carbocycles. The lowest BCUT2D eigenvalue weighted by Gasteiger charge is -2.24. The Hall–Kier alpha value is -2.60. The molecule has 0 amide bonds. The van der Waals surface area contributed by atoms with Crippen LogP contribution < -0.4 is 5.32 Å². The molecule has 1 heterocycles. The Bertz CT molecular complexity index is 653. The molecule has 1 unspecified atom stereocenters. The van der Waals surface area contributed by atoms with Gasteiger partial charge >= 0.3 is 0 Å². The third kappa shape index (κ3) is 2.34. The van der Waals surface area contributed by atoms with E-state index < -0.39 is 0 Å². The van der Waals surface area contributed by atoms with Gasteiger partial charge in [-0.2, -0.15) is 5.26 Å². The molecule has 2 aromatic rings. The fraction of sp³-hybridized carbons (Fsp3) is 0.125. The van der Waals surface area contributed by atoms with Crippen molar-refractivity contribution < 1.29 is 0 Å². The number of benzene rings is 2. The van der Waals surface area contributed by atoms with Gasteiger partial charge in [-0.3, -0.25) is 0 Å². The first-order valence-corrected chi connectivity index (χ1v) is 6.25. The number of hydrogen-bond donors (Lipinski definition) is 1. The number of hydrogen-bond acceptors (Lipinski definition) is 3. The van der Waals surface area contributed by atoms with Crippen molar-refractivity contribution in [3.63, 3.8) is 0 Å². The van der Waals surface area contributed by atoms with Crippen molar-refractivity contribution >= 4 is 17.1 Å². The Balaban J connectivity index is 1.90. The van der Waals surface area contributed by atoms with Crippen molar-refractivity contribution in [3.05, 3.63) is 60.2 Å². The topological polar surface area (TPSA) is 48.2 Å². The first-order chi connectivity index (χ1) is 9.36. The van der Waals surface area contributed by atoms with Crippen LogP contribution in [0, 0.1) is 11.3 Å². The fourth-order valence-corrected chi connectivity index (χ4v) is 2.26. The van der Waals surface area contributed by atoms with Crippen molar-refractivity contribution in [1.82, 2.24) is 0 Å². The van der Waals surface area contributed by atoms with Crippen molar-refractivity contribution in [2.45, 2.75) is 12.5 Å². The number of fused-ring (bicyclic) bond motifs is 1. The lowest BCUT2D eigenvalue weighted by atomic mass is 10.00. The molecule has 19 heavy (non-hydrogen) atoms. The highest BCUT2D eigenvalue weighted by molar-refractivity contribution is 6.08. The van der Waals surface area contributed by atoms with Crippen LogP contribution in [0.15, 0.2) is 59.6 Å². The van der Waals surface area contributed by atoms with Crippen LogP contribution in [0.2, 0.25) is 0 Å². The predicted octanol–water partition coefficient (Wildman–Crippen LogP) is 3.32. The van der Waals surface area contributed by atoms with Gasteiger partial charge in [-0.15, -0.1) is 0 Å². The first-order valence-electron chi connectivity index (χ1n) is 6.25. The molecule has 3 heteroatoms. The summed E-state index contributed by atoms with van der Waals surface area (Å²) in [6, 6.07) is 20.1. The molecule has 1 aliphatic heterocycles. The van der Waals surface area contributed by atoms with E-state index in [-0.39, 0.29) is 6.04 Å². The summed E-state index contributed by atoms with van der Waals surface area (Å²) < 4.78 is 0. The molecule has 0 saturated heterocycles. The highest BCUT2D eigenvalue weighted by Crippen LogP contribution is 2.29. The first kappa shape index (κ1) is 11.5. The van der Waals surface area contributed by atoms with E-state index in [1.807, 2.05) is 42.5 Å². The minimum Gasteiger partial charge on any atom is -0.374 e. The quantitative estimate of drug-likeness (QED) is 0.885. The van der Waals surface area contributed by atoms with E-state index in [9.17, 15) is 5.26 Å². The van der Waals surface area contributed by atoms with Crippen LogP contribution in [0.3, 0.4) is 0 Å². The van der Waals surface area contributed by atoms with Crippen LogP contribution >= 0.6 is 0 Å². The van der Waals surface area contributed by atoms with Gasteiger partial charge in [0.1, 0.15) is 11.8 Å². The summed E-state index contributed by atoms with van der Waals surface area (Å²) >= 11 is 0. The third-order valence-corrected chi connectivity index (χ3v) is 3.20. The van der Waals surface area contributed by atoms with Crippen LogP contribution in [0.5, 0.6) is 0 Å². The number of nitrogens with zero attached hydrogens (tertiary/aromatic N) is 2. The van der Waals surface area contributed by atoms with Crippen molar-refractivity contribution in [2.24, 2.45) is 4.99 Å². The largest absolute Gasteiger partial charge is 0.374 e. The molecule has 0 radical (unpaired) electrons. The lowest BCUT2D eigenvalue weighted by molar-refractivity contribution is 0.898. The second-order valence-electron chi connectivity index (χ2n) is 4.51. The van der Waals surface area contributed by atoms with Crippen LogP contribution in [-0.2, 0) is 6.42 Å². The van der Waals surface area contributed by atoms with Gasteiger partial charge in [-0.1, -0.05) is 42.5 Å². The van der Waals surface area contributed by atoms with Gasteiger partial charge in [0.25, 0.3) is 0 Å². The summed E-state index contributed by atoms with van der Waals surface area (Å²) in [6.45, 7) is 0. The highest BCUT2D eigenvalue weighted by atomic mass is 15.0. The second-order valence-corrected chi connectivity index (χ2v) is 4.51. The maximum absolute atomic E-state index is 9.24. The minimum absolute atomic E-state index is 0.0534. The lowest BCUT2D eigenvalue weighted by Crippen LogP contribution is -2.33. The Kier molecular flexibility index (Phi) is 2.99. The predicted molar refractivity (Wildman–Crippen MR) is 76.7 cm³/mol. The Morgan fingerprint density at radius 2 is 1.79 bits per heavy atom. The van der Waals surface area contributed by atoms with E-state index in [4.69, 9.17) is 0 Å². The molecule has 0 aliphatic carbocycles. The maximum atomic E-state index is 9.24. The van der Waals surface area contributed by atoms with Gasteiger partial charge < -0.3 is 5.32 Å². The summed E-state index contributed by atoms with van der Waals surface area (Å²) in [4.78, 5) is 4.43. The molecule has 1 aliphatic rings. The number of rotatable bonds is 2. The standard InChI is InChI=1S/C16H13N3/c17-11-16-15(10-12-6-2-1-3-7-12)18-13-8-4-5-9-14(13)19-16/h1-9,15,18H,10H2. The van der Waals surface area contributed by atoms with E-state index in [1.165, 1.54) is 5.56 Å². The van der Waals surface area contributed by atoms with Gasteiger partial charge in [0.2, 0.25) is 0 Å². The summed E-state index contributed by atoms with van der Waals surface area (Å²) in [7, 11) is 0. The SMILES string of the molecule is N#CC1=Nc2ccccc2NC1Cc1ccccc1. The molecule has 1 N–H and O–H groups in total. The number of aliphatic imine (C=N–C) groups is 1. The van der Waals surface area contributed by atoms with Crippen molar-refractivity contribution in [2.75, 3.05) is 5.32 Å². The smallest absolute Gasteiger partial charge is 0.141 e. The second kappa shape index (κ2) is 4.95. The highest BCUT2D eigenvalue weighted by Gasteiger charge is 2.22. The number of nitrogens with one attached hydrogen (secondary N) is 1. The van der Waals surface area contributed by atoms with E-state index in [0.717, 1.165) is 17.8 Å². The summed E-state index contributed by atoms with van der Waals surface area (Å²) in [5.74, 6) is 0. The average molecular weight is 247 g/mol. The zero-order valence-corrected chi connectivity index (χ0v) is 10.4. The number of anilines is 1. The Morgan fingerprint density at radius 1 is 1.05 bits per heavy atom. The molecule has 3 nitrogen and oxygen atoms in total. The maximum Gasteiger partial charge on any atom is 0.141 e. The minimum atomic E-state index is -0.0534. The van der Waals surface area contributed by atoms with Gasteiger partial charge in [0, 0.05) is 0 Å². The normalized spacial score (nSPS) is 16.8. The van der Waals surface area contributed by atoms with Crippen LogP contribution in [0.4, 0.5) is 11.4 Å². The van der Waals surface area contributed by atoms with Gasteiger partial charge in [0.15, 0.2) is 0 Å². The van der Waals surface area contributed by atoms with Gasteiger partial charge in [-0.05, 0) is 24.1 Å². The van der Waals surface area contributed by atoms with Gasteiger partial charge in [0.05, 0.1) is 17.4 Å². The van der Waals surface area contributed by atoms with E-state index in [1.54, 1.807) is 0 Å². The molecular formula is C16H13N3. The third-order valence-electron chi connectivity index (χ3n) is 3.20. The van der Waals surface area contributed by atoms with Crippen molar-refractivity contribution in [3.8, 4) is 6.07 Å². The van der Waals surface area contributed by atoms with Crippen LogP contribution in [0.1, 0.15) is 5.56 Å². The monoisotopic (exact) mass is 247 g/mol. The molecule has 3 rings (SSSR count). The average Bonchev–Trinajstić information content (AvgIpc) is 2.47. The van der Waals surface area contributed by atoms with Crippen LogP contribution in [0.25, 0.3) is 0 Å². The fourth-order valence-electron chi connectivity index (χ4n) is 2.26. The summed E-state index contributed by atoms with van der Waals surface area (Å²) in [5.41, 5.74) is 3.57. The van der Waals surface area contributed by atoms with E-state index in [0.29, 0.717) is 5.71 Å². The number of para-hydroxylation sites is 2. The molecule has 0 bridgehead atoms. The number of nitriles is 1. The molecule has 1 atom stereocenters. The van der Waals surface area contributed by atoms with E-state index >= 15 is 0 Å². The summed E-state index contributed by atoms with van der Waals surface area (Å²) in [5, 5.41) is 12.6. The Morgan fingerprint density at radius 3 is 2.58 bits per heavy atom. The van der Waals surface area contributed by atoms with Crippen molar-refractivity contribution in [1.29, 1.82) is 5.26 Å². The molecule has 0 spiro atoms. The van der Waals surface area contributed by atoms with Gasteiger partial charge in [-0.25, -0.2) is 4.99 Å². The summed E-state index contributed by atoms with van der Waals surface area (Å²) in [6.07, 6.45) is 0.765.